The minimum absolute atomic E-state index is 0.258. The lowest BCUT2D eigenvalue weighted by atomic mass is 10.2. The molecule has 0 bridgehead atoms. The predicted molar refractivity (Wildman–Crippen MR) is 53.6 cm³/mol. The molecule has 0 atom stereocenters. The van der Waals surface area contributed by atoms with Crippen molar-refractivity contribution in [2.24, 2.45) is 10.9 Å². The van der Waals surface area contributed by atoms with E-state index in [9.17, 15) is 4.39 Å². The third-order valence-electron chi connectivity index (χ3n) is 1.59. The van der Waals surface area contributed by atoms with Gasteiger partial charge in [-0.25, -0.2) is 4.39 Å². The van der Waals surface area contributed by atoms with Crippen LogP contribution in [0.4, 0.5) is 4.39 Å². The molecule has 0 fully saturated rings. The average Bonchev–Trinajstić information content (AvgIpc) is 2.21. The second kappa shape index (κ2) is 6.10. The second-order valence-electron chi connectivity index (χ2n) is 2.76. The van der Waals surface area contributed by atoms with Crippen molar-refractivity contribution < 1.29 is 9.23 Å². The quantitative estimate of drug-likeness (QED) is 0.441. The van der Waals surface area contributed by atoms with E-state index in [-0.39, 0.29) is 5.82 Å². The minimum Gasteiger partial charge on any atom is -0.396 e. The van der Waals surface area contributed by atoms with E-state index < -0.39 is 0 Å². The molecule has 0 unspecified atom stereocenters. The van der Waals surface area contributed by atoms with Crippen LogP contribution in [0, 0.1) is 5.82 Å². The van der Waals surface area contributed by atoms with Gasteiger partial charge < -0.3 is 10.6 Å². The highest BCUT2D eigenvalue weighted by molar-refractivity contribution is 5.78. The topological polar surface area (TPSA) is 47.6 Å². The van der Waals surface area contributed by atoms with Crippen molar-refractivity contribution in [3.8, 4) is 0 Å². The van der Waals surface area contributed by atoms with Crippen LogP contribution in [0.15, 0.2) is 29.4 Å². The summed E-state index contributed by atoms with van der Waals surface area (Å²) in [4.78, 5) is 4.90. The van der Waals surface area contributed by atoms with E-state index in [1.807, 2.05) is 0 Å². The number of nitrogens with zero attached hydrogens (tertiary/aromatic N) is 1. The van der Waals surface area contributed by atoms with Crippen molar-refractivity contribution in [1.82, 2.24) is 0 Å². The number of hydrogen-bond acceptors (Lipinski definition) is 3. The Kier molecular flexibility index (Phi) is 4.64. The SMILES string of the molecule is NCCCO/N=C/c1ccc(F)cc1. The average molecular weight is 196 g/mol. The molecule has 76 valence electrons. The Morgan fingerprint density at radius 2 is 2.07 bits per heavy atom. The van der Waals surface area contributed by atoms with Crippen LogP contribution in [0.3, 0.4) is 0 Å². The standard InChI is InChI=1S/C10H13FN2O/c11-10-4-2-9(3-5-10)8-13-14-7-1-6-12/h2-5,8H,1,6-7,12H2/b13-8+. The Morgan fingerprint density at radius 3 is 2.71 bits per heavy atom. The fraction of sp³-hybridized carbons (Fsp3) is 0.300. The first-order valence-corrected chi connectivity index (χ1v) is 4.44. The largest absolute Gasteiger partial charge is 0.396 e. The highest BCUT2D eigenvalue weighted by Gasteiger charge is 1.89. The number of rotatable bonds is 5. The molecular weight excluding hydrogens is 183 g/mol. The Labute approximate surface area is 82.4 Å². The Hall–Kier alpha value is -1.42. The van der Waals surface area contributed by atoms with E-state index in [2.05, 4.69) is 5.16 Å². The van der Waals surface area contributed by atoms with Crippen molar-refractivity contribution in [3.05, 3.63) is 35.6 Å². The molecule has 0 spiro atoms. The first kappa shape index (κ1) is 10.7. The molecule has 0 aliphatic heterocycles. The molecule has 0 amide bonds. The summed E-state index contributed by atoms with van der Waals surface area (Å²) in [6.07, 6.45) is 2.32. The number of hydrogen-bond donors (Lipinski definition) is 1. The van der Waals surface area contributed by atoms with Crippen molar-refractivity contribution in [3.63, 3.8) is 0 Å². The molecule has 4 heteroatoms. The zero-order chi connectivity index (χ0) is 10.2. The Bertz CT molecular complexity index is 285. The van der Waals surface area contributed by atoms with E-state index >= 15 is 0 Å². The minimum atomic E-state index is -0.258. The third kappa shape index (κ3) is 4.00. The van der Waals surface area contributed by atoms with Crippen molar-refractivity contribution in [2.75, 3.05) is 13.2 Å². The lowest BCUT2D eigenvalue weighted by molar-refractivity contribution is 0.145. The van der Waals surface area contributed by atoms with Crippen LogP contribution in [0.25, 0.3) is 0 Å². The van der Waals surface area contributed by atoms with Gasteiger partial charge in [0.1, 0.15) is 12.4 Å². The van der Waals surface area contributed by atoms with E-state index in [1.54, 1.807) is 12.1 Å². The molecule has 0 aliphatic carbocycles. The van der Waals surface area contributed by atoms with Crippen LogP contribution >= 0.6 is 0 Å². The molecule has 0 saturated carbocycles. The van der Waals surface area contributed by atoms with Crippen LogP contribution < -0.4 is 5.73 Å². The normalized spacial score (nSPS) is 10.7. The maximum atomic E-state index is 12.5. The van der Waals surface area contributed by atoms with Gasteiger partial charge >= 0.3 is 0 Å². The van der Waals surface area contributed by atoms with Crippen LogP contribution in [0.2, 0.25) is 0 Å². The zero-order valence-corrected chi connectivity index (χ0v) is 7.82. The van der Waals surface area contributed by atoms with Gasteiger partial charge in [-0.15, -0.1) is 0 Å². The summed E-state index contributed by atoms with van der Waals surface area (Å²) in [7, 11) is 0. The van der Waals surface area contributed by atoms with Crippen LogP contribution in [-0.2, 0) is 4.84 Å². The molecule has 3 nitrogen and oxygen atoms in total. The van der Waals surface area contributed by atoms with Gasteiger partial charge in [0.05, 0.1) is 6.21 Å². The van der Waals surface area contributed by atoms with Crippen LogP contribution in [0.5, 0.6) is 0 Å². The molecule has 0 aromatic heterocycles. The van der Waals surface area contributed by atoms with Crippen LogP contribution in [-0.4, -0.2) is 19.4 Å². The van der Waals surface area contributed by atoms with Gasteiger partial charge in [-0.05, 0) is 30.7 Å². The monoisotopic (exact) mass is 196 g/mol. The summed E-state index contributed by atoms with van der Waals surface area (Å²) >= 11 is 0. The van der Waals surface area contributed by atoms with Gasteiger partial charge in [0.2, 0.25) is 0 Å². The van der Waals surface area contributed by atoms with Gasteiger partial charge in [-0.2, -0.15) is 0 Å². The van der Waals surface area contributed by atoms with Crippen molar-refractivity contribution in [1.29, 1.82) is 0 Å². The highest BCUT2D eigenvalue weighted by Crippen LogP contribution is 1.99. The third-order valence-corrected chi connectivity index (χ3v) is 1.59. The molecule has 0 aliphatic rings. The predicted octanol–water partition coefficient (Wildman–Crippen LogP) is 1.53. The summed E-state index contributed by atoms with van der Waals surface area (Å²) in [6, 6.07) is 6.01. The van der Waals surface area contributed by atoms with Gasteiger partial charge in [0.25, 0.3) is 0 Å². The van der Waals surface area contributed by atoms with Gasteiger partial charge in [0.15, 0.2) is 0 Å². The summed E-state index contributed by atoms with van der Waals surface area (Å²) < 4.78 is 12.5. The molecule has 1 aromatic rings. The lowest BCUT2D eigenvalue weighted by Gasteiger charge is -1.96. The van der Waals surface area contributed by atoms with Crippen molar-refractivity contribution >= 4 is 6.21 Å². The molecule has 0 heterocycles. The van der Waals surface area contributed by atoms with Gasteiger partial charge in [0, 0.05) is 0 Å². The number of nitrogens with two attached hydrogens (primary N) is 1. The maximum Gasteiger partial charge on any atom is 0.123 e. The van der Waals surface area contributed by atoms with E-state index in [0.717, 1.165) is 12.0 Å². The van der Waals surface area contributed by atoms with Gasteiger partial charge in [-0.3, -0.25) is 0 Å². The first-order valence-electron chi connectivity index (χ1n) is 4.44. The second-order valence-corrected chi connectivity index (χ2v) is 2.76. The van der Waals surface area contributed by atoms with Crippen LogP contribution in [0.1, 0.15) is 12.0 Å². The Balaban J connectivity index is 2.33. The maximum absolute atomic E-state index is 12.5. The van der Waals surface area contributed by atoms with E-state index in [1.165, 1.54) is 18.3 Å². The summed E-state index contributed by atoms with van der Waals surface area (Å²) in [6.45, 7) is 1.10. The molecular formula is C10H13FN2O. The Morgan fingerprint density at radius 1 is 1.36 bits per heavy atom. The number of oxime groups is 1. The number of halogens is 1. The molecule has 0 radical (unpaired) electrons. The fourth-order valence-electron chi connectivity index (χ4n) is 0.848. The molecule has 14 heavy (non-hydrogen) atoms. The highest BCUT2D eigenvalue weighted by atomic mass is 19.1. The molecule has 1 aromatic carbocycles. The molecule has 2 N–H and O–H groups in total. The zero-order valence-electron chi connectivity index (χ0n) is 7.82. The van der Waals surface area contributed by atoms with Gasteiger partial charge in [-0.1, -0.05) is 17.3 Å². The summed E-state index contributed by atoms with van der Waals surface area (Å²) in [5.41, 5.74) is 6.07. The van der Waals surface area contributed by atoms with E-state index in [0.29, 0.717) is 13.2 Å². The number of benzene rings is 1. The summed E-state index contributed by atoms with van der Waals surface area (Å²) in [5, 5.41) is 3.71. The first-order chi connectivity index (χ1) is 6.83. The molecule has 1 rings (SSSR count). The smallest absolute Gasteiger partial charge is 0.123 e. The lowest BCUT2D eigenvalue weighted by Crippen LogP contribution is -2.02. The van der Waals surface area contributed by atoms with Crippen molar-refractivity contribution in [2.45, 2.75) is 6.42 Å². The summed E-state index contributed by atoms with van der Waals surface area (Å²) in [5.74, 6) is -0.258. The fourth-order valence-corrected chi connectivity index (χ4v) is 0.848. The molecule has 0 saturated heterocycles. The van der Waals surface area contributed by atoms with E-state index in [4.69, 9.17) is 10.6 Å².